The third-order valence-corrected chi connectivity index (χ3v) is 8.28. The highest BCUT2D eigenvalue weighted by Crippen LogP contribution is 2.36. The third kappa shape index (κ3) is 5.49. The van der Waals surface area contributed by atoms with Crippen LogP contribution in [0.3, 0.4) is 0 Å². The number of fused-ring (bicyclic) bond motifs is 5. The van der Waals surface area contributed by atoms with Crippen molar-refractivity contribution >= 4 is 11.8 Å². The van der Waals surface area contributed by atoms with Crippen LogP contribution >= 0.6 is 0 Å². The lowest BCUT2D eigenvalue weighted by atomic mass is 9.95. The highest BCUT2D eigenvalue weighted by Gasteiger charge is 2.38. The van der Waals surface area contributed by atoms with Crippen LogP contribution in [0.1, 0.15) is 80.1 Å². The number of nitrogens with one attached hydrogen (secondary N) is 2. The number of ether oxygens (including phenoxy) is 2. The predicted octanol–water partition coefficient (Wildman–Crippen LogP) is 2.34. The molecule has 192 valence electrons. The Morgan fingerprint density at radius 1 is 1.11 bits per heavy atom. The fourth-order valence-corrected chi connectivity index (χ4v) is 6.22. The van der Waals surface area contributed by atoms with Crippen LogP contribution in [-0.4, -0.2) is 78.5 Å². The number of rotatable bonds is 2. The van der Waals surface area contributed by atoms with Gasteiger partial charge in [0.25, 0.3) is 5.91 Å². The molecule has 4 bridgehead atoms. The number of amides is 2. The first-order chi connectivity index (χ1) is 17.0. The minimum atomic E-state index is -0.584. The van der Waals surface area contributed by atoms with E-state index < -0.39 is 12.2 Å². The number of likely N-dealkylation sites (tertiary alicyclic amines) is 1. The first kappa shape index (κ1) is 24.5. The molecule has 5 rings (SSSR count). The van der Waals surface area contributed by atoms with Gasteiger partial charge in [0, 0.05) is 25.6 Å². The molecule has 8 nitrogen and oxygen atoms in total. The van der Waals surface area contributed by atoms with Gasteiger partial charge in [-0.2, -0.15) is 0 Å². The molecule has 3 aliphatic heterocycles. The minimum absolute atomic E-state index is 0.0495. The molecule has 3 heterocycles. The molecular weight excluding hydrogens is 446 g/mol. The maximum atomic E-state index is 13.3. The van der Waals surface area contributed by atoms with Gasteiger partial charge in [0.15, 0.2) is 0 Å². The van der Waals surface area contributed by atoms with Crippen LogP contribution in [-0.2, 0) is 9.53 Å². The SMILES string of the molecule is CCN1C[C@@H]2C[C@H]1C(=O)NC[C@H]1O[C@H](CCOc3cc(C4CCCC4)ccc3C(=O)N2)CC[C@@H]1O. The summed E-state index contributed by atoms with van der Waals surface area (Å²) in [6.45, 7) is 4.10. The zero-order valence-corrected chi connectivity index (χ0v) is 20.7. The fourth-order valence-electron chi connectivity index (χ4n) is 6.22. The van der Waals surface area contributed by atoms with Gasteiger partial charge < -0.3 is 25.2 Å². The topological polar surface area (TPSA) is 100 Å². The number of hydrogen-bond acceptors (Lipinski definition) is 6. The van der Waals surface area contributed by atoms with E-state index in [2.05, 4.69) is 27.7 Å². The summed E-state index contributed by atoms with van der Waals surface area (Å²) in [5.41, 5.74) is 1.79. The molecule has 5 atom stereocenters. The zero-order valence-electron chi connectivity index (χ0n) is 20.7. The molecule has 1 aromatic carbocycles. The smallest absolute Gasteiger partial charge is 0.255 e. The fraction of sp³-hybridized carbons (Fsp3) is 0.704. The maximum absolute atomic E-state index is 13.3. The first-order valence-corrected chi connectivity index (χ1v) is 13.4. The van der Waals surface area contributed by atoms with Crippen LogP contribution in [0.2, 0.25) is 0 Å². The molecule has 0 spiro atoms. The Morgan fingerprint density at radius 2 is 1.94 bits per heavy atom. The Bertz CT molecular complexity index is 918. The molecule has 4 aliphatic rings. The quantitative estimate of drug-likeness (QED) is 0.595. The number of aliphatic hydroxyl groups excluding tert-OH is 1. The van der Waals surface area contributed by atoms with E-state index in [4.69, 9.17) is 9.47 Å². The number of aliphatic hydroxyl groups is 1. The van der Waals surface area contributed by atoms with Crippen LogP contribution in [0.15, 0.2) is 18.2 Å². The predicted molar refractivity (Wildman–Crippen MR) is 132 cm³/mol. The first-order valence-electron chi connectivity index (χ1n) is 13.4. The molecule has 8 heteroatoms. The maximum Gasteiger partial charge on any atom is 0.255 e. The number of carbonyl (C=O) groups is 2. The summed E-state index contributed by atoms with van der Waals surface area (Å²) in [5, 5.41) is 16.6. The van der Waals surface area contributed by atoms with E-state index in [1.165, 1.54) is 31.2 Å². The molecule has 0 unspecified atom stereocenters. The van der Waals surface area contributed by atoms with Crippen molar-refractivity contribution < 1.29 is 24.2 Å². The Kier molecular flexibility index (Phi) is 7.60. The van der Waals surface area contributed by atoms with Crippen molar-refractivity contribution in [3.63, 3.8) is 0 Å². The molecule has 1 aromatic rings. The Morgan fingerprint density at radius 3 is 2.74 bits per heavy atom. The minimum Gasteiger partial charge on any atom is -0.493 e. The van der Waals surface area contributed by atoms with Crippen molar-refractivity contribution in [2.45, 2.75) is 94.6 Å². The van der Waals surface area contributed by atoms with E-state index in [9.17, 15) is 14.7 Å². The van der Waals surface area contributed by atoms with E-state index >= 15 is 0 Å². The largest absolute Gasteiger partial charge is 0.493 e. The number of likely N-dealkylation sites (N-methyl/N-ethyl adjacent to an activating group) is 1. The molecular formula is C27H39N3O5. The molecule has 1 saturated carbocycles. The average molecular weight is 486 g/mol. The summed E-state index contributed by atoms with van der Waals surface area (Å²) < 4.78 is 12.4. The normalized spacial score (nSPS) is 33.0. The standard InChI is InChI=1S/C27H39N3O5/c1-2-30-16-19-14-22(30)27(33)28-15-25-23(31)10-8-20(35-25)11-12-34-24-13-18(17-5-3-4-6-17)7-9-21(24)26(32)29-19/h7,9,13,17,19-20,22-23,25,31H,2-6,8,10-12,14-16H2,1H3,(H,28,33)(H,29,32)/t19-,20-,22-,23-,25+/m0/s1. The summed E-state index contributed by atoms with van der Waals surface area (Å²) in [5.74, 6) is 0.942. The lowest BCUT2D eigenvalue weighted by Crippen LogP contribution is -2.50. The molecule has 2 amide bonds. The Hall–Kier alpha value is -2.16. The van der Waals surface area contributed by atoms with Gasteiger partial charge in [0.1, 0.15) is 11.9 Å². The van der Waals surface area contributed by atoms with Gasteiger partial charge >= 0.3 is 0 Å². The second-order valence-electron chi connectivity index (χ2n) is 10.6. The Balaban J connectivity index is 1.40. The van der Waals surface area contributed by atoms with Crippen LogP contribution in [0.25, 0.3) is 0 Å². The number of nitrogens with zero attached hydrogens (tertiary/aromatic N) is 1. The van der Waals surface area contributed by atoms with Gasteiger partial charge in [-0.25, -0.2) is 0 Å². The summed E-state index contributed by atoms with van der Waals surface area (Å²) in [4.78, 5) is 28.5. The van der Waals surface area contributed by atoms with E-state index in [-0.39, 0.29) is 36.5 Å². The lowest BCUT2D eigenvalue weighted by Gasteiger charge is -2.34. The monoisotopic (exact) mass is 485 g/mol. The van der Waals surface area contributed by atoms with Crippen molar-refractivity contribution in [1.82, 2.24) is 15.5 Å². The third-order valence-electron chi connectivity index (χ3n) is 8.28. The van der Waals surface area contributed by atoms with Gasteiger partial charge in [-0.1, -0.05) is 25.8 Å². The lowest BCUT2D eigenvalue weighted by molar-refractivity contribution is -0.133. The molecule has 3 fully saturated rings. The van der Waals surface area contributed by atoms with Gasteiger partial charge in [0.05, 0.1) is 30.4 Å². The van der Waals surface area contributed by atoms with Crippen LogP contribution in [0.5, 0.6) is 5.75 Å². The van der Waals surface area contributed by atoms with Gasteiger partial charge in [-0.3, -0.25) is 14.5 Å². The van der Waals surface area contributed by atoms with E-state index in [1.54, 1.807) is 0 Å². The highest BCUT2D eigenvalue weighted by molar-refractivity contribution is 5.97. The van der Waals surface area contributed by atoms with Crippen LogP contribution in [0, 0.1) is 0 Å². The zero-order chi connectivity index (χ0) is 24.4. The summed E-state index contributed by atoms with van der Waals surface area (Å²) >= 11 is 0. The van der Waals surface area contributed by atoms with Crippen molar-refractivity contribution in [3.05, 3.63) is 29.3 Å². The molecule has 0 radical (unpaired) electrons. The van der Waals surface area contributed by atoms with Gasteiger partial charge in [-0.15, -0.1) is 0 Å². The highest BCUT2D eigenvalue weighted by atomic mass is 16.5. The number of benzene rings is 1. The average Bonchev–Trinajstić information content (AvgIpc) is 3.54. The molecule has 0 aromatic heterocycles. The summed E-state index contributed by atoms with van der Waals surface area (Å²) in [6, 6.07) is 5.62. The summed E-state index contributed by atoms with van der Waals surface area (Å²) in [6.07, 6.45) is 6.43. The van der Waals surface area contributed by atoms with Crippen molar-refractivity contribution in [1.29, 1.82) is 0 Å². The van der Waals surface area contributed by atoms with E-state index in [0.29, 0.717) is 49.6 Å². The second kappa shape index (κ2) is 10.8. The summed E-state index contributed by atoms with van der Waals surface area (Å²) in [7, 11) is 0. The molecule has 2 saturated heterocycles. The van der Waals surface area contributed by atoms with E-state index in [1.807, 2.05) is 13.0 Å². The number of carbonyl (C=O) groups excluding carboxylic acids is 2. The van der Waals surface area contributed by atoms with Crippen molar-refractivity contribution in [2.24, 2.45) is 0 Å². The number of hydrogen-bond donors (Lipinski definition) is 3. The molecule has 3 N–H and O–H groups in total. The molecule has 35 heavy (non-hydrogen) atoms. The second-order valence-corrected chi connectivity index (χ2v) is 10.6. The van der Waals surface area contributed by atoms with Gasteiger partial charge in [-0.05, 0) is 62.3 Å². The van der Waals surface area contributed by atoms with Crippen LogP contribution < -0.4 is 15.4 Å². The van der Waals surface area contributed by atoms with Crippen molar-refractivity contribution in [2.75, 3.05) is 26.2 Å². The van der Waals surface area contributed by atoms with E-state index in [0.717, 1.165) is 13.0 Å². The van der Waals surface area contributed by atoms with Gasteiger partial charge in [0.2, 0.25) is 5.91 Å². The Labute approximate surface area is 207 Å². The van der Waals surface area contributed by atoms with Crippen LogP contribution in [0.4, 0.5) is 0 Å². The van der Waals surface area contributed by atoms with Crippen molar-refractivity contribution in [3.8, 4) is 5.75 Å². The molecule has 1 aliphatic carbocycles.